The van der Waals surface area contributed by atoms with Gasteiger partial charge >= 0.3 is 0 Å². The molecule has 0 saturated carbocycles. The molecular weight excluding hydrogens is 470 g/mol. The smallest absolute Gasteiger partial charge is 0.243 e. The van der Waals surface area contributed by atoms with Gasteiger partial charge in [0.25, 0.3) is 0 Å². The molecule has 0 N–H and O–H groups in total. The van der Waals surface area contributed by atoms with Crippen molar-refractivity contribution in [3.8, 4) is 0 Å². The fourth-order valence-corrected chi connectivity index (χ4v) is 5.18. The van der Waals surface area contributed by atoms with E-state index >= 15 is 0 Å². The maximum absolute atomic E-state index is 12.6. The molecule has 1 atom stereocenters. The summed E-state index contributed by atoms with van der Waals surface area (Å²) in [6.07, 6.45) is 35.8. The zero-order valence-electron chi connectivity index (χ0n) is 25.0. The second kappa shape index (κ2) is 24.3. The van der Waals surface area contributed by atoms with E-state index in [0.717, 1.165) is 43.4 Å². The maximum atomic E-state index is 12.6. The van der Waals surface area contributed by atoms with E-state index in [2.05, 4.69) is 26.0 Å². The van der Waals surface area contributed by atoms with Crippen LogP contribution in [0.2, 0.25) is 0 Å². The number of carbonyl (C=O) groups excluding carboxylic acids is 3. The maximum Gasteiger partial charge on any atom is 0.243 e. The molecule has 0 bridgehead atoms. The van der Waals surface area contributed by atoms with Gasteiger partial charge in [-0.1, -0.05) is 134 Å². The van der Waals surface area contributed by atoms with Gasteiger partial charge in [0.05, 0.1) is 5.92 Å². The van der Waals surface area contributed by atoms with Gasteiger partial charge in [-0.3, -0.25) is 14.4 Å². The summed E-state index contributed by atoms with van der Waals surface area (Å²) in [5.74, 6) is -1.40. The summed E-state index contributed by atoms with van der Waals surface area (Å²) in [5.41, 5.74) is 0. The van der Waals surface area contributed by atoms with Crippen LogP contribution in [0.5, 0.6) is 0 Å². The van der Waals surface area contributed by atoms with E-state index in [9.17, 15) is 14.4 Å². The van der Waals surface area contributed by atoms with E-state index < -0.39 is 5.92 Å². The number of likely N-dealkylation sites (tertiary alicyclic amines) is 1. The number of hydrogen-bond acceptors (Lipinski definition) is 3. The van der Waals surface area contributed by atoms with Crippen LogP contribution in [-0.2, 0) is 14.4 Å². The van der Waals surface area contributed by atoms with Crippen LogP contribution in [0.4, 0.5) is 0 Å². The average Bonchev–Trinajstić information content (AvgIpc) is 3.19. The number of rotatable bonds is 25. The van der Waals surface area contributed by atoms with Gasteiger partial charge in [0.2, 0.25) is 17.7 Å². The summed E-state index contributed by atoms with van der Waals surface area (Å²) in [4.78, 5) is 38.4. The first kappa shape index (κ1) is 34.3. The van der Waals surface area contributed by atoms with Crippen molar-refractivity contribution in [3.63, 3.8) is 0 Å². The molecule has 0 aromatic carbocycles. The lowest BCUT2D eigenvalue weighted by molar-refractivity contribution is -0.149. The largest absolute Gasteiger partial charge is 0.274 e. The molecule has 3 amide bonds. The van der Waals surface area contributed by atoms with Gasteiger partial charge in [0.15, 0.2) is 0 Å². The van der Waals surface area contributed by atoms with E-state index in [0.29, 0.717) is 6.42 Å². The van der Waals surface area contributed by atoms with Gasteiger partial charge in [0.1, 0.15) is 0 Å². The van der Waals surface area contributed by atoms with Gasteiger partial charge in [-0.25, -0.2) is 4.90 Å². The zero-order chi connectivity index (χ0) is 27.7. The molecule has 1 unspecified atom stereocenters. The first-order valence-corrected chi connectivity index (χ1v) is 16.3. The van der Waals surface area contributed by atoms with Gasteiger partial charge in [0, 0.05) is 12.8 Å². The fraction of sp³-hybridized carbons (Fsp3) is 0.794. The number of hydrogen-bond donors (Lipinski definition) is 0. The molecule has 0 spiro atoms. The minimum absolute atomic E-state index is 0.144. The highest BCUT2D eigenvalue weighted by Gasteiger charge is 2.40. The molecule has 4 heteroatoms. The van der Waals surface area contributed by atoms with E-state index in [-0.39, 0.29) is 24.1 Å². The van der Waals surface area contributed by atoms with Crippen LogP contribution in [0.1, 0.15) is 168 Å². The molecule has 4 nitrogen and oxygen atoms in total. The Bertz CT molecular complexity index is 681. The quantitative estimate of drug-likeness (QED) is 0.0671. The van der Waals surface area contributed by atoms with Gasteiger partial charge in [-0.15, -0.1) is 0 Å². The lowest BCUT2D eigenvalue weighted by Gasteiger charge is -2.12. The SMILES string of the molecule is CCCCCCCC/C=C\CCCCCCCC(=O)N1C(=O)CC(/C=C/CCCCCCCCCC)C1=O. The normalized spacial score (nSPS) is 16.1. The molecule has 0 aromatic rings. The third-order valence-corrected chi connectivity index (χ3v) is 7.68. The van der Waals surface area contributed by atoms with Crippen molar-refractivity contribution in [3.05, 3.63) is 24.3 Å². The van der Waals surface area contributed by atoms with Crippen LogP contribution in [0.25, 0.3) is 0 Å². The Morgan fingerprint density at radius 1 is 0.632 bits per heavy atom. The van der Waals surface area contributed by atoms with Crippen LogP contribution in [0, 0.1) is 5.92 Å². The Hall–Kier alpha value is -1.71. The van der Waals surface area contributed by atoms with Crippen molar-refractivity contribution in [2.75, 3.05) is 0 Å². The molecule has 1 aliphatic heterocycles. The van der Waals surface area contributed by atoms with Gasteiger partial charge < -0.3 is 0 Å². The van der Waals surface area contributed by atoms with Crippen LogP contribution in [0.15, 0.2) is 24.3 Å². The number of imide groups is 3. The summed E-state index contributed by atoms with van der Waals surface area (Å²) < 4.78 is 0. The van der Waals surface area contributed by atoms with Crippen LogP contribution in [0.3, 0.4) is 0 Å². The summed E-state index contributed by atoms with van der Waals surface area (Å²) in [7, 11) is 0. The highest BCUT2D eigenvalue weighted by atomic mass is 16.2. The second-order valence-electron chi connectivity index (χ2n) is 11.3. The summed E-state index contributed by atoms with van der Waals surface area (Å²) >= 11 is 0. The number of carbonyl (C=O) groups is 3. The van der Waals surface area contributed by atoms with Crippen molar-refractivity contribution in [1.82, 2.24) is 4.90 Å². The monoisotopic (exact) mass is 529 g/mol. The van der Waals surface area contributed by atoms with Crippen molar-refractivity contribution in [1.29, 1.82) is 0 Å². The van der Waals surface area contributed by atoms with Crippen molar-refractivity contribution >= 4 is 17.7 Å². The van der Waals surface area contributed by atoms with Gasteiger partial charge in [-0.2, -0.15) is 0 Å². The summed E-state index contributed by atoms with van der Waals surface area (Å²) in [5, 5.41) is 0. The first-order valence-electron chi connectivity index (χ1n) is 16.3. The average molecular weight is 530 g/mol. The number of nitrogens with zero attached hydrogens (tertiary/aromatic N) is 1. The summed E-state index contributed by atoms with van der Waals surface area (Å²) in [6.45, 7) is 4.50. The molecule has 0 aromatic heterocycles. The Kier molecular flexibility index (Phi) is 22.0. The predicted molar refractivity (Wildman–Crippen MR) is 161 cm³/mol. The highest BCUT2D eigenvalue weighted by Crippen LogP contribution is 2.23. The standard InChI is InChI=1S/C34H59NO3/c1-3-5-7-9-11-13-15-16-17-18-19-21-23-25-27-29-32(36)35-33(37)30-31(34(35)38)28-26-24-22-20-14-12-10-8-6-4-2/h16-17,26,28,31H,3-15,18-25,27,29-30H2,1-2H3/b17-16-,28-26+. The number of allylic oxidation sites excluding steroid dienone is 3. The Morgan fingerprint density at radius 2 is 1.05 bits per heavy atom. The lowest BCUT2D eigenvalue weighted by atomic mass is 10.0. The van der Waals surface area contributed by atoms with E-state index in [1.807, 2.05) is 12.2 Å². The van der Waals surface area contributed by atoms with Crippen molar-refractivity contribution in [2.45, 2.75) is 168 Å². The highest BCUT2D eigenvalue weighted by molar-refractivity contribution is 6.16. The lowest BCUT2D eigenvalue weighted by Crippen LogP contribution is -2.36. The molecule has 1 heterocycles. The third kappa shape index (κ3) is 17.0. The zero-order valence-corrected chi connectivity index (χ0v) is 25.0. The Labute approximate surface area is 235 Å². The first-order chi connectivity index (χ1) is 18.6. The molecule has 1 fully saturated rings. The number of unbranched alkanes of at least 4 members (excludes halogenated alkanes) is 19. The molecule has 0 radical (unpaired) electrons. The molecule has 0 aliphatic carbocycles. The van der Waals surface area contributed by atoms with E-state index in [1.165, 1.54) is 103 Å². The molecule has 218 valence electrons. The minimum Gasteiger partial charge on any atom is -0.274 e. The minimum atomic E-state index is -0.449. The molecule has 1 saturated heterocycles. The summed E-state index contributed by atoms with van der Waals surface area (Å²) in [6, 6.07) is 0. The Morgan fingerprint density at radius 3 is 1.55 bits per heavy atom. The van der Waals surface area contributed by atoms with Crippen LogP contribution < -0.4 is 0 Å². The number of amides is 3. The molecule has 1 aliphatic rings. The third-order valence-electron chi connectivity index (χ3n) is 7.68. The second-order valence-corrected chi connectivity index (χ2v) is 11.3. The fourth-order valence-electron chi connectivity index (χ4n) is 5.18. The van der Waals surface area contributed by atoms with Crippen LogP contribution in [-0.4, -0.2) is 22.6 Å². The van der Waals surface area contributed by atoms with E-state index in [4.69, 9.17) is 0 Å². The van der Waals surface area contributed by atoms with E-state index in [1.54, 1.807) is 0 Å². The molecule has 1 rings (SSSR count). The Balaban J connectivity index is 2.06. The van der Waals surface area contributed by atoms with Crippen molar-refractivity contribution < 1.29 is 14.4 Å². The predicted octanol–water partition coefficient (Wildman–Crippen LogP) is 10.0. The molecular formula is C34H59NO3. The topological polar surface area (TPSA) is 54.5 Å². The molecule has 38 heavy (non-hydrogen) atoms. The van der Waals surface area contributed by atoms with Gasteiger partial charge in [-0.05, 0) is 44.9 Å². The van der Waals surface area contributed by atoms with Crippen LogP contribution >= 0.6 is 0 Å². The van der Waals surface area contributed by atoms with Crippen molar-refractivity contribution in [2.24, 2.45) is 5.92 Å².